The molecule has 2 atom stereocenters. The quantitative estimate of drug-likeness (QED) is 0.435. The molecule has 1 aromatic carbocycles. The van der Waals surface area contributed by atoms with Crippen LogP contribution < -0.4 is 10.6 Å². The van der Waals surface area contributed by atoms with E-state index in [1.54, 1.807) is 32.1 Å². The molecule has 2 N–H and O–H groups in total. The van der Waals surface area contributed by atoms with E-state index in [0.29, 0.717) is 5.69 Å². The van der Waals surface area contributed by atoms with Gasteiger partial charge in [-0.25, -0.2) is 4.79 Å². The number of allylic oxidation sites excluding steroid dienone is 1. The Bertz CT molecular complexity index is 808. The fourth-order valence-electron chi connectivity index (χ4n) is 3.06. The highest BCUT2D eigenvalue weighted by molar-refractivity contribution is 9.11. The van der Waals surface area contributed by atoms with Gasteiger partial charge in [0, 0.05) is 8.95 Å². The molecule has 0 aliphatic heterocycles. The van der Waals surface area contributed by atoms with Crippen molar-refractivity contribution in [3.05, 3.63) is 37.7 Å². The summed E-state index contributed by atoms with van der Waals surface area (Å²) in [5.41, 5.74) is -0.369. The highest BCUT2D eigenvalue weighted by Gasteiger charge is 2.61. The Morgan fingerprint density at radius 2 is 1.93 bits per heavy atom. The number of rotatable bonds is 6. The topological polar surface area (TPSA) is 67.4 Å². The smallest absolute Gasteiger partial charge is 0.411 e. The van der Waals surface area contributed by atoms with Crippen LogP contribution in [-0.4, -0.2) is 24.1 Å². The van der Waals surface area contributed by atoms with Crippen molar-refractivity contribution in [1.82, 2.24) is 5.32 Å². The Hall–Kier alpha value is -0.760. The van der Waals surface area contributed by atoms with Crippen molar-refractivity contribution in [2.45, 2.75) is 33.2 Å². The molecule has 2 amide bonds. The van der Waals surface area contributed by atoms with Crippen LogP contribution in [0.25, 0.3) is 0 Å². The molecule has 28 heavy (non-hydrogen) atoms. The van der Waals surface area contributed by atoms with Gasteiger partial charge in [-0.2, -0.15) is 0 Å². The molecule has 0 spiro atoms. The van der Waals surface area contributed by atoms with Gasteiger partial charge in [0.1, 0.15) is 11.1 Å². The summed E-state index contributed by atoms with van der Waals surface area (Å²) in [5, 5.41) is 5.60. The fraction of sp³-hybridized carbons (Fsp3) is 0.474. The maximum Gasteiger partial charge on any atom is 0.411 e. The normalized spacial score (nSPS) is 20.1. The van der Waals surface area contributed by atoms with Gasteiger partial charge in [-0.05, 0) is 65.4 Å². The van der Waals surface area contributed by atoms with Gasteiger partial charge in [-0.3, -0.25) is 10.1 Å². The van der Waals surface area contributed by atoms with Crippen molar-refractivity contribution in [3.63, 3.8) is 0 Å². The SMILES string of the molecule is CC(C)(COC(=O)Nc1ccc(Br)cc1Br)NC(=O)[C@@H]1[C@H](C=C(Cl)Cl)C1(C)C. The van der Waals surface area contributed by atoms with Gasteiger partial charge in [0.2, 0.25) is 5.91 Å². The van der Waals surface area contributed by atoms with Crippen molar-refractivity contribution in [1.29, 1.82) is 0 Å². The minimum Gasteiger partial charge on any atom is -0.447 e. The lowest BCUT2D eigenvalue weighted by Crippen LogP contribution is -2.48. The van der Waals surface area contributed by atoms with E-state index in [-0.39, 0.29) is 34.3 Å². The third kappa shape index (κ3) is 6.12. The van der Waals surface area contributed by atoms with Gasteiger partial charge >= 0.3 is 6.09 Å². The van der Waals surface area contributed by atoms with E-state index in [9.17, 15) is 9.59 Å². The van der Waals surface area contributed by atoms with Crippen LogP contribution in [-0.2, 0) is 9.53 Å². The number of hydrogen-bond donors (Lipinski definition) is 2. The van der Waals surface area contributed by atoms with Gasteiger partial charge in [-0.1, -0.05) is 53.0 Å². The number of anilines is 1. The summed E-state index contributed by atoms with van der Waals surface area (Å²) in [4.78, 5) is 24.7. The van der Waals surface area contributed by atoms with E-state index in [4.69, 9.17) is 27.9 Å². The average molecular weight is 557 g/mol. The molecule has 0 heterocycles. The summed E-state index contributed by atoms with van der Waals surface area (Å²) in [6.45, 7) is 7.58. The summed E-state index contributed by atoms with van der Waals surface area (Å²) < 4.78 is 7.05. The number of hydrogen-bond acceptors (Lipinski definition) is 3. The lowest BCUT2D eigenvalue weighted by Gasteiger charge is -2.26. The molecule has 0 saturated heterocycles. The summed E-state index contributed by atoms with van der Waals surface area (Å²) in [6.07, 6.45) is 1.09. The van der Waals surface area contributed by atoms with Crippen molar-refractivity contribution in [2.24, 2.45) is 17.3 Å². The van der Waals surface area contributed by atoms with E-state index in [1.807, 2.05) is 19.9 Å². The highest BCUT2D eigenvalue weighted by atomic mass is 79.9. The maximum absolute atomic E-state index is 12.6. The minimum absolute atomic E-state index is 0.0165. The molecule has 2 rings (SSSR count). The van der Waals surface area contributed by atoms with Crippen LogP contribution in [0.2, 0.25) is 0 Å². The summed E-state index contributed by atoms with van der Waals surface area (Å²) in [6, 6.07) is 5.36. The number of halogens is 4. The predicted molar refractivity (Wildman–Crippen MR) is 120 cm³/mol. The number of carbonyl (C=O) groups is 2. The first-order valence-corrected chi connectivity index (χ1v) is 10.9. The van der Waals surface area contributed by atoms with E-state index < -0.39 is 11.6 Å². The van der Waals surface area contributed by atoms with Crippen LogP contribution in [0, 0.1) is 17.3 Å². The number of carbonyl (C=O) groups excluding carboxylic acids is 2. The standard InChI is InChI=1S/C19H22Br2Cl2N2O3/c1-18(2,25-16(26)15-11(8-14(22)23)19(15,3)4)9-28-17(27)24-13-6-5-10(20)7-12(13)21/h5-8,11,15H,9H2,1-4H3,(H,24,27)(H,25,26)/t11-,15-/m0/s1. The zero-order valence-corrected chi connectivity index (χ0v) is 20.6. The molecule has 5 nitrogen and oxygen atoms in total. The molecule has 0 radical (unpaired) electrons. The van der Waals surface area contributed by atoms with Crippen molar-refractivity contribution in [2.75, 3.05) is 11.9 Å². The van der Waals surface area contributed by atoms with Crippen molar-refractivity contribution < 1.29 is 14.3 Å². The molecule has 0 aromatic heterocycles. The van der Waals surface area contributed by atoms with Gasteiger partial charge < -0.3 is 10.1 Å². The zero-order chi connectivity index (χ0) is 21.3. The first-order valence-electron chi connectivity index (χ1n) is 8.57. The number of nitrogens with one attached hydrogen (secondary N) is 2. The van der Waals surface area contributed by atoms with Crippen LogP contribution in [0.15, 0.2) is 37.7 Å². The van der Waals surface area contributed by atoms with Crippen LogP contribution in [0.3, 0.4) is 0 Å². The van der Waals surface area contributed by atoms with Gasteiger partial charge in [0.25, 0.3) is 0 Å². The largest absolute Gasteiger partial charge is 0.447 e. The monoisotopic (exact) mass is 554 g/mol. The second-order valence-corrected chi connectivity index (χ2v) is 10.8. The molecular formula is C19H22Br2Cl2N2O3. The van der Waals surface area contributed by atoms with Crippen LogP contribution >= 0.6 is 55.1 Å². The Kier molecular flexibility index (Phi) is 7.51. The Labute approximate surface area is 191 Å². The molecule has 1 aliphatic carbocycles. The first-order chi connectivity index (χ1) is 12.8. The second-order valence-electron chi connectivity index (χ2n) is 7.98. The zero-order valence-electron chi connectivity index (χ0n) is 15.9. The lowest BCUT2D eigenvalue weighted by molar-refractivity contribution is -0.125. The van der Waals surface area contributed by atoms with Crippen LogP contribution in [0.1, 0.15) is 27.7 Å². The Morgan fingerprint density at radius 1 is 1.29 bits per heavy atom. The summed E-state index contributed by atoms with van der Waals surface area (Å²) >= 11 is 18.2. The van der Waals surface area contributed by atoms with Crippen LogP contribution in [0.4, 0.5) is 10.5 Å². The molecule has 1 aromatic rings. The molecule has 1 aliphatic rings. The third-order valence-electron chi connectivity index (χ3n) is 4.69. The minimum atomic E-state index is -0.733. The Morgan fingerprint density at radius 3 is 2.50 bits per heavy atom. The van der Waals surface area contributed by atoms with E-state index >= 15 is 0 Å². The Balaban J connectivity index is 1.89. The molecule has 154 valence electrons. The summed E-state index contributed by atoms with van der Waals surface area (Å²) in [7, 11) is 0. The number of amides is 2. The van der Waals surface area contributed by atoms with Gasteiger partial charge in [0.05, 0.1) is 17.1 Å². The maximum atomic E-state index is 12.6. The molecule has 9 heteroatoms. The van der Waals surface area contributed by atoms with E-state index in [2.05, 4.69) is 42.5 Å². The fourth-order valence-corrected chi connectivity index (χ4v) is 4.47. The molecule has 0 bridgehead atoms. The summed E-state index contributed by atoms with van der Waals surface area (Å²) in [5.74, 6) is -0.371. The molecule has 0 unspecified atom stereocenters. The van der Waals surface area contributed by atoms with Crippen molar-refractivity contribution >= 4 is 72.7 Å². The predicted octanol–water partition coefficient (Wildman–Crippen LogP) is 6.25. The van der Waals surface area contributed by atoms with E-state index in [1.165, 1.54) is 0 Å². The van der Waals surface area contributed by atoms with Crippen molar-refractivity contribution in [3.8, 4) is 0 Å². The average Bonchev–Trinajstić information content (AvgIpc) is 3.07. The highest BCUT2D eigenvalue weighted by Crippen LogP contribution is 2.59. The third-order valence-corrected chi connectivity index (χ3v) is 6.09. The van der Waals surface area contributed by atoms with E-state index in [0.717, 1.165) is 8.95 Å². The van der Waals surface area contributed by atoms with Crippen LogP contribution in [0.5, 0.6) is 0 Å². The molecule has 1 saturated carbocycles. The first kappa shape index (κ1) is 23.5. The number of ether oxygens (including phenoxy) is 1. The molecule has 1 fully saturated rings. The van der Waals surface area contributed by atoms with Gasteiger partial charge in [0.15, 0.2) is 0 Å². The second kappa shape index (κ2) is 8.94. The van der Waals surface area contributed by atoms with Gasteiger partial charge in [-0.15, -0.1) is 0 Å². The number of benzene rings is 1. The lowest BCUT2D eigenvalue weighted by atomic mass is 10.1. The molecular weight excluding hydrogens is 535 g/mol.